The molecule has 1 N–H and O–H groups in total. The van der Waals surface area contributed by atoms with Crippen LogP contribution in [-0.2, 0) is 0 Å². The van der Waals surface area contributed by atoms with Crippen LogP contribution in [0, 0.1) is 5.92 Å². The average Bonchev–Trinajstić information content (AvgIpc) is 2.20. The molecule has 0 aliphatic heterocycles. The van der Waals surface area contributed by atoms with Gasteiger partial charge in [0.1, 0.15) is 0 Å². The zero-order valence-electron chi connectivity index (χ0n) is 9.22. The van der Waals surface area contributed by atoms with Crippen molar-refractivity contribution >= 4 is 0 Å². The number of rotatable bonds is 2. The van der Waals surface area contributed by atoms with Crippen LogP contribution in [0.3, 0.4) is 0 Å². The highest BCUT2D eigenvalue weighted by atomic mass is 14.8. The molecular weight excluding hydrogens is 158 g/mol. The van der Waals surface area contributed by atoms with Gasteiger partial charge in [-0.1, -0.05) is 45.6 Å². The van der Waals surface area contributed by atoms with E-state index in [1.54, 1.807) is 0 Å². The van der Waals surface area contributed by atoms with Crippen LogP contribution in [0.25, 0.3) is 0 Å². The molecule has 0 saturated carbocycles. The van der Waals surface area contributed by atoms with E-state index in [2.05, 4.69) is 31.0 Å². The van der Waals surface area contributed by atoms with Crippen LogP contribution in [0.2, 0.25) is 0 Å². The molecule has 13 heavy (non-hydrogen) atoms. The van der Waals surface area contributed by atoms with E-state index in [9.17, 15) is 0 Å². The molecule has 0 aromatic carbocycles. The Kier molecular flexibility index (Phi) is 6.03. The van der Waals surface area contributed by atoms with Crippen molar-refractivity contribution in [1.82, 2.24) is 5.32 Å². The first-order chi connectivity index (χ1) is 6.27. The molecule has 1 atom stereocenters. The van der Waals surface area contributed by atoms with Crippen molar-refractivity contribution in [2.45, 2.75) is 27.2 Å². The van der Waals surface area contributed by atoms with Gasteiger partial charge in [0.15, 0.2) is 0 Å². The molecule has 0 saturated heterocycles. The van der Waals surface area contributed by atoms with Gasteiger partial charge in [0.05, 0.1) is 0 Å². The Morgan fingerprint density at radius 2 is 2.23 bits per heavy atom. The van der Waals surface area contributed by atoms with Crippen molar-refractivity contribution in [3.8, 4) is 0 Å². The first-order valence-electron chi connectivity index (χ1n) is 5.00. The van der Waals surface area contributed by atoms with Gasteiger partial charge in [-0.2, -0.15) is 0 Å². The zero-order valence-corrected chi connectivity index (χ0v) is 9.22. The summed E-state index contributed by atoms with van der Waals surface area (Å²) in [6.07, 6.45) is 7.50. The van der Waals surface area contributed by atoms with Crippen LogP contribution < -0.4 is 5.32 Å². The molecule has 1 nitrogen and oxygen atoms in total. The summed E-state index contributed by atoms with van der Waals surface area (Å²) in [5.41, 5.74) is 2.43. The third-order valence-electron chi connectivity index (χ3n) is 1.96. The van der Waals surface area contributed by atoms with Crippen molar-refractivity contribution < 1.29 is 1.43 Å². The standard InChI is InChI=1S/C10H15N.C2H6.H2/c1-4-9-6-5-8(2)7-10(9)11-3;1-2;/h4,6-8,11H,1,5H2,2-3H3;1-2H3;1H. The van der Waals surface area contributed by atoms with Gasteiger partial charge in [-0.05, 0) is 17.9 Å². The van der Waals surface area contributed by atoms with Crippen LogP contribution in [0.15, 0.2) is 36.1 Å². The van der Waals surface area contributed by atoms with Gasteiger partial charge in [-0.3, -0.25) is 0 Å². The van der Waals surface area contributed by atoms with E-state index in [0.29, 0.717) is 5.92 Å². The minimum Gasteiger partial charge on any atom is -0.388 e. The van der Waals surface area contributed by atoms with Crippen LogP contribution in [0.1, 0.15) is 28.6 Å². The van der Waals surface area contributed by atoms with Crippen LogP contribution in [-0.4, -0.2) is 7.05 Å². The van der Waals surface area contributed by atoms with Gasteiger partial charge in [0, 0.05) is 14.2 Å². The molecule has 0 aromatic rings. The van der Waals surface area contributed by atoms with Crippen LogP contribution >= 0.6 is 0 Å². The molecule has 0 spiro atoms. The topological polar surface area (TPSA) is 12.0 Å². The van der Waals surface area contributed by atoms with Crippen molar-refractivity contribution in [2.75, 3.05) is 7.05 Å². The van der Waals surface area contributed by atoms with E-state index in [-0.39, 0.29) is 1.43 Å². The second-order valence-electron chi connectivity index (χ2n) is 2.91. The van der Waals surface area contributed by atoms with E-state index in [1.165, 1.54) is 11.3 Å². The largest absolute Gasteiger partial charge is 0.388 e. The summed E-state index contributed by atoms with van der Waals surface area (Å²) in [4.78, 5) is 0. The highest BCUT2D eigenvalue weighted by molar-refractivity contribution is 5.40. The van der Waals surface area contributed by atoms with E-state index in [1.807, 2.05) is 27.0 Å². The van der Waals surface area contributed by atoms with E-state index in [0.717, 1.165) is 6.42 Å². The summed E-state index contributed by atoms with van der Waals surface area (Å²) in [5.74, 6) is 0.654. The maximum Gasteiger partial charge on any atom is 0.0370 e. The van der Waals surface area contributed by atoms with E-state index < -0.39 is 0 Å². The number of likely N-dealkylation sites (N-methyl/N-ethyl adjacent to an activating group) is 1. The average molecular weight is 181 g/mol. The van der Waals surface area contributed by atoms with Crippen molar-refractivity contribution in [2.24, 2.45) is 5.92 Å². The fourth-order valence-electron chi connectivity index (χ4n) is 1.29. The lowest BCUT2D eigenvalue weighted by molar-refractivity contribution is 0.712. The van der Waals surface area contributed by atoms with Gasteiger partial charge >= 0.3 is 0 Å². The Labute approximate surface area is 83.7 Å². The molecule has 1 aliphatic rings. The molecule has 1 rings (SSSR count). The SMILES string of the molecule is C=CC1=CCC(C)C=C1NC.CC.[HH]. The fraction of sp³-hybridized carbons (Fsp3) is 0.500. The monoisotopic (exact) mass is 181 g/mol. The molecule has 0 fully saturated rings. The molecular formula is C12H23N. The molecule has 0 heterocycles. The molecule has 76 valence electrons. The zero-order chi connectivity index (χ0) is 10.3. The fourth-order valence-corrected chi connectivity index (χ4v) is 1.29. The Hall–Kier alpha value is -0.980. The normalized spacial score (nSPS) is 20.5. The Bertz CT molecular complexity index is 216. The lowest BCUT2D eigenvalue weighted by Crippen LogP contribution is -2.12. The lowest BCUT2D eigenvalue weighted by atomic mass is 9.96. The van der Waals surface area contributed by atoms with E-state index >= 15 is 0 Å². The molecule has 0 amide bonds. The highest BCUT2D eigenvalue weighted by Crippen LogP contribution is 2.20. The summed E-state index contributed by atoms with van der Waals surface area (Å²) in [7, 11) is 1.95. The predicted octanol–water partition coefficient (Wildman–Crippen LogP) is 3.51. The molecule has 0 radical (unpaired) electrons. The van der Waals surface area contributed by atoms with Crippen molar-refractivity contribution in [1.29, 1.82) is 0 Å². The summed E-state index contributed by atoms with van der Waals surface area (Å²) in [6, 6.07) is 0. The van der Waals surface area contributed by atoms with Gasteiger partial charge in [-0.25, -0.2) is 0 Å². The Balaban J connectivity index is 0. The molecule has 1 unspecified atom stereocenters. The minimum absolute atomic E-state index is 0. The minimum atomic E-state index is 0. The Morgan fingerprint density at radius 1 is 1.62 bits per heavy atom. The van der Waals surface area contributed by atoms with Gasteiger partial charge in [0.2, 0.25) is 0 Å². The highest BCUT2D eigenvalue weighted by Gasteiger charge is 2.07. The first kappa shape index (κ1) is 12.0. The van der Waals surface area contributed by atoms with E-state index in [4.69, 9.17) is 0 Å². The maximum atomic E-state index is 3.76. The Morgan fingerprint density at radius 3 is 2.69 bits per heavy atom. The quantitative estimate of drug-likeness (QED) is 0.687. The molecule has 1 heteroatoms. The van der Waals surface area contributed by atoms with Crippen molar-refractivity contribution in [3.05, 3.63) is 36.1 Å². The number of allylic oxidation sites excluding steroid dienone is 3. The van der Waals surface area contributed by atoms with Crippen LogP contribution in [0.4, 0.5) is 0 Å². The summed E-state index contributed by atoms with van der Waals surface area (Å²) in [6.45, 7) is 9.97. The van der Waals surface area contributed by atoms with Gasteiger partial charge in [0.25, 0.3) is 0 Å². The number of hydrogen-bond donors (Lipinski definition) is 1. The lowest BCUT2D eigenvalue weighted by Gasteiger charge is -2.16. The summed E-state index contributed by atoms with van der Waals surface area (Å²) >= 11 is 0. The van der Waals surface area contributed by atoms with Gasteiger partial charge < -0.3 is 5.32 Å². The second-order valence-corrected chi connectivity index (χ2v) is 2.91. The van der Waals surface area contributed by atoms with Crippen LogP contribution in [0.5, 0.6) is 0 Å². The summed E-state index contributed by atoms with van der Waals surface area (Å²) in [5, 5.41) is 3.16. The molecule has 0 aromatic heterocycles. The third-order valence-corrected chi connectivity index (χ3v) is 1.96. The smallest absolute Gasteiger partial charge is 0.0370 e. The maximum absolute atomic E-state index is 3.76. The number of hydrogen-bond acceptors (Lipinski definition) is 1. The first-order valence-corrected chi connectivity index (χ1v) is 5.00. The number of nitrogens with one attached hydrogen (secondary N) is 1. The predicted molar refractivity (Wildman–Crippen MR) is 62.7 cm³/mol. The second kappa shape index (κ2) is 6.53. The third kappa shape index (κ3) is 3.49. The van der Waals surface area contributed by atoms with Gasteiger partial charge in [-0.15, -0.1) is 0 Å². The molecule has 0 bridgehead atoms. The molecule has 1 aliphatic carbocycles. The summed E-state index contributed by atoms with van der Waals surface area (Å²) < 4.78 is 0. The van der Waals surface area contributed by atoms with Crippen molar-refractivity contribution in [3.63, 3.8) is 0 Å².